The molecule has 0 unspecified atom stereocenters. The molecule has 1 heterocycles. The van der Waals surface area contributed by atoms with Gasteiger partial charge < -0.3 is 0 Å². The van der Waals surface area contributed by atoms with Gasteiger partial charge in [-0.25, -0.2) is 0 Å². The Kier molecular flexibility index (Phi) is 2.84. The number of hydrogen-bond donors (Lipinski definition) is 0. The summed E-state index contributed by atoms with van der Waals surface area (Å²) in [6.07, 6.45) is 0. The van der Waals surface area contributed by atoms with E-state index in [1.807, 2.05) is 31.3 Å². The van der Waals surface area contributed by atoms with Crippen molar-refractivity contribution in [2.24, 2.45) is 7.05 Å². The van der Waals surface area contributed by atoms with Gasteiger partial charge in [0.15, 0.2) is 0 Å². The number of para-hydroxylation sites is 1. The van der Waals surface area contributed by atoms with Gasteiger partial charge in [-0.15, -0.1) is 0 Å². The van der Waals surface area contributed by atoms with Crippen molar-refractivity contribution in [1.82, 2.24) is 9.78 Å². The smallest absolute Gasteiger partial charge is 0.215 e. The van der Waals surface area contributed by atoms with E-state index in [2.05, 4.69) is 5.10 Å². The molecule has 0 saturated heterocycles. The molecule has 2 aromatic carbocycles. The predicted molar refractivity (Wildman–Crippen MR) is 75.6 cm³/mol. The fourth-order valence-electron chi connectivity index (χ4n) is 2.15. The third-order valence-corrected chi connectivity index (χ3v) is 3.42. The van der Waals surface area contributed by atoms with Crippen molar-refractivity contribution in [2.75, 3.05) is 0 Å². The molecule has 1 aromatic heterocycles. The molecule has 0 bridgehead atoms. The van der Waals surface area contributed by atoms with Gasteiger partial charge in [-0.05, 0) is 18.2 Å². The molecule has 0 aliphatic rings. The molecule has 0 fully saturated rings. The van der Waals surface area contributed by atoms with Gasteiger partial charge in [0.25, 0.3) is 0 Å². The van der Waals surface area contributed by atoms with Crippen LogP contribution in [0, 0.1) is 0 Å². The van der Waals surface area contributed by atoms with Crippen LogP contribution in [-0.2, 0) is 7.05 Å². The summed E-state index contributed by atoms with van der Waals surface area (Å²) in [6, 6.07) is 14.7. The van der Waals surface area contributed by atoms with E-state index >= 15 is 0 Å². The first kappa shape index (κ1) is 11.9. The lowest BCUT2D eigenvalue weighted by molar-refractivity contribution is 0.103. The highest BCUT2D eigenvalue weighted by molar-refractivity contribution is 6.35. The van der Waals surface area contributed by atoms with E-state index in [-0.39, 0.29) is 5.78 Å². The van der Waals surface area contributed by atoms with Crippen LogP contribution in [0.5, 0.6) is 0 Å². The van der Waals surface area contributed by atoms with Gasteiger partial charge in [-0.2, -0.15) is 5.10 Å². The van der Waals surface area contributed by atoms with E-state index < -0.39 is 0 Å². The van der Waals surface area contributed by atoms with Crippen molar-refractivity contribution in [3.63, 3.8) is 0 Å². The van der Waals surface area contributed by atoms with E-state index in [4.69, 9.17) is 11.6 Å². The third kappa shape index (κ3) is 1.92. The fourth-order valence-corrected chi connectivity index (χ4v) is 2.38. The van der Waals surface area contributed by atoms with Crippen LogP contribution in [0.4, 0.5) is 0 Å². The maximum atomic E-state index is 12.5. The standard InChI is InChI=1S/C15H11ClN2O/c1-18-13-9-5-3-7-11(13)14(17-18)15(19)10-6-2-4-8-12(10)16/h2-9H,1H3. The Morgan fingerprint density at radius 2 is 1.79 bits per heavy atom. The lowest BCUT2D eigenvalue weighted by Gasteiger charge is -2.00. The van der Waals surface area contributed by atoms with Crippen LogP contribution >= 0.6 is 11.6 Å². The van der Waals surface area contributed by atoms with Crippen LogP contribution in [0.3, 0.4) is 0 Å². The molecule has 19 heavy (non-hydrogen) atoms. The van der Waals surface area contributed by atoms with Crippen LogP contribution < -0.4 is 0 Å². The number of benzene rings is 2. The van der Waals surface area contributed by atoms with Crippen molar-refractivity contribution in [3.05, 3.63) is 64.8 Å². The molecule has 3 nitrogen and oxygen atoms in total. The van der Waals surface area contributed by atoms with Crippen LogP contribution in [0.2, 0.25) is 5.02 Å². The summed E-state index contributed by atoms with van der Waals surface area (Å²) in [6.45, 7) is 0. The number of carbonyl (C=O) groups excluding carboxylic acids is 1. The van der Waals surface area contributed by atoms with Gasteiger partial charge in [0.2, 0.25) is 5.78 Å². The number of hydrogen-bond acceptors (Lipinski definition) is 2. The minimum absolute atomic E-state index is 0.151. The second-order valence-electron chi connectivity index (χ2n) is 4.30. The Labute approximate surface area is 115 Å². The van der Waals surface area contributed by atoms with E-state index in [0.717, 1.165) is 10.9 Å². The molecule has 0 amide bonds. The molecule has 0 aliphatic carbocycles. The highest BCUT2D eigenvalue weighted by Gasteiger charge is 2.19. The lowest BCUT2D eigenvalue weighted by Crippen LogP contribution is -2.04. The maximum absolute atomic E-state index is 12.5. The monoisotopic (exact) mass is 270 g/mol. The fraction of sp³-hybridized carbons (Fsp3) is 0.0667. The molecule has 94 valence electrons. The van der Waals surface area contributed by atoms with Gasteiger partial charge in [0, 0.05) is 18.0 Å². The summed E-state index contributed by atoms with van der Waals surface area (Å²) < 4.78 is 1.71. The predicted octanol–water partition coefficient (Wildman–Crippen LogP) is 3.46. The van der Waals surface area contributed by atoms with Gasteiger partial charge in [-0.3, -0.25) is 9.48 Å². The number of aryl methyl sites for hydroxylation is 1. The second kappa shape index (κ2) is 4.52. The quantitative estimate of drug-likeness (QED) is 0.669. The molecule has 0 aliphatic heterocycles. The molecule has 0 saturated carbocycles. The highest BCUT2D eigenvalue weighted by atomic mass is 35.5. The summed E-state index contributed by atoms with van der Waals surface area (Å²) in [5.74, 6) is -0.151. The first-order chi connectivity index (χ1) is 9.18. The largest absolute Gasteiger partial charge is 0.287 e. The molecule has 0 N–H and O–H groups in total. The number of ketones is 1. The van der Waals surface area contributed by atoms with Crippen molar-refractivity contribution in [2.45, 2.75) is 0 Å². The van der Waals surface area contributed by atoms with Gasteiger partial charge in [0.05, 0.1) is 10.5 Å². The van der Waals surface area contributed by atoms with E-state index in [1.54, 1.807) is 28.9 Å². The second-order valence-corrected chi connectivity index (χ2v) is 4.71. The van der Waals surface area contributed by atoms with Crippen LogP contribution in [0.15, 0.2) is 48.5 Å². The van der Waals surface area contributed by atoms with Crippen molar-refractivity contribution in [1.29, 1.82) is 0 Å². The average molecular weight is 271 g/mol. The van der Waals surface area contributed by atoms with Gasteiger partial charge >= 0.3 is 0 Å². The van der Waals surface area contributed by atoms with E-state index in [0.29, 0.717) is 16.3 Å². The summed E-state index contributed by atoms with van der Waals surface area (Å²) >= 11 is 6.07. The van der Waals surface area contributed by atoms with E-state index in [1.165, 1.54) is 0 Å². The first-order valence-corrected chi connectivity index (χ1v) is 6.27. The number of fused-ring (bicyclic) bond motifs is 1. The number of rotatable bonds is 2. The zero-order chi connectivity index (χ0) is 13.4. The molecule has 4 heteroatoms. The SMILES string of the molecule is Cn1nc(C(=O)c2ccccc2Cl)c2ccccc21. The molecular formula is C15H11ClN2O. The Balaban J connectivity index is 2.20. The highest BCUT2D eigenvalue weighted by Crippen LogP contribution is 2.23. The summed E-state index contributed by atoms with van der Waals surface area (Å²) in [5, 5.41) is 5.60. The minimum atomic E-state index is -0.151. The Hall–Kier alpha value is -2.13. The Bertz CT molecular complexity index is 777. The van der Waals surface area contributed by atoms with E-state index in [9.17, 15) is 4.79 Å². The third-order valence-electron chi connectivity index (χ3n) is 3.09. The summed E-state index contributed by atoms with van der Waals surface area (Å²) in [5.41, 5.74) is 1.84. The number of halogens is 1. The molecule has 0 radical (unpaired) electrons. The number of nitrogens with zero attached hydrogens (tertiary/aromatic N) is 2. The van der Waals surface area contributed by atoms with Crippen LogP contribution in [0.25, 0.3) is 10.9 Å². The zero-order valence-electron chi connectivity index (χ0n) is 10.3. The normalized spacial score (nSPS) is 10.8. The summed E-state index contributed by atoms with van der Waals surface area (Å²) in [7, 11) is 1.83. The maximum Gasteiger partial charge on any atom is 0.215 e. The molecule has 0 spiro atoms. The number of aromatic nitrogens is 2. The Morgan fingerprint density at radius 3 is 2.58 bits per heavy atom. The molecule has 3 rings (SSSR count). The molecule has 3 aromatic rings. The zero-order valence-corrected chi connectivity index (χ0v) is 11.1. The first-order valence-electron chi connectivity index (χ1n) is 5.89. The van der Waals surface area contributed by atoms with Crippen molar-refractivity contribution in [3.8, 4) is 0 Å². The number of carbonyl (C=O) groups is 1. The summed E-state index contributed by atoms with van der Waals surface area (Å²) in [4.78, 5) is 12.5. The average Bonchev–Trinajstić information content (AvgIpc) is 2.77. The minimum Gasteiger partial charge on any atom is -0.287 e. The van der Waals surface area contributed by atoms with Crippen molar-refractivity contribution < 1.29 is 4.79 Å². The molecular weight excluding hydrogens is 260 g/mol. The Morgan fingerprint density at radius 1 is 1.11 bits per heavy atom. The van der Waals surface area contributed by atoms with Crippen LogP contribution in [0.1, 0.15) is 16.1 Å². The van der Waals surface area contributed by atoms with Crippen LogP contribution in [-0.4, -0.2) is 15.6 Å². The topological polar surface area (TPSA) is 34.9 Å². The lowest BCUT2D eigenvalue weighted by atomic mass is 10.1. The van der Waals surface area contributed by atoms with Gasteiger partial charge in [0.1, 0.15) is 5.69 Å². The van der Waals surface area contributed by atoms with Crippen molar-refractivity contribution >= 4 is 28.3 Å². The van der Waals surface area contributed by atoms with Gasteiger partial charge in [-0.1, -0.05) is 41.9 Å². The molecule has 0 atom stereocenters.